The summed E-state index contributed by atoms with van der Waals surface area (Å²) >= 11 is 7.95. The average molecular weight is 352 g/mol. The molecule has 1 fully saturated rings. The second kappa shape index (κ2) is 6.72. The number of hydrogen-bond donors (Lipinski definition) is 1. The van der Waals surface area contributed by atoms with E-state index in [0.29, 0.717) is 16.4 Å². The van der Waals surface area contributed by atoms with Gasteiger partial charge in [-0.05, 0) is 19.4 Å². The molecule has 0 aromatic carbocycles. The standard InChI is InChI=1S/C15H18ClN5OS/c1-10-9-23-15(19-10)21-4-2-3-20(5-6-21)14-12(16)7-11(8-18-14)13(17)22/h7-9H,2-6H2,1H3,(H2,17,22). The molecule has 1 amide bonds. The number of carbonyl (C=O) groups excluding carboxylic acids is 1. The molecule has 1 aliphatic rings. The summed E-state index contributed by atoms with van der Waals surface area (Å²) in [5.41, 5.74) is 6.64. The Morgan fingerprint density at radius 2 is 2.04 bits per heavy atom. The number of hydrogen-bond acceptors (Lipinski definition) is 6. The highest BCUT2D eigenvalue weighted by Crippen LogP contribution is 2.27. The van der Waals surface area contributed by atoms with E-state index >= 15 is 0 Å². The van der Waals surface area contributed by atoms with E-state index in [0.717, 1.165) is 43.4 Å². The topological polar surface area (TPSA) is 75.3 Å². The number of aryl methyl sites for hydroxylation is 1. The van der Waals surface area contributed by atoms with Gasteiger partial charge in [0.05, 0.1) is 16.3 Å². The predicted octanol–water partition coefficient (Wildman–Crippen LogP) is 2.32. The molecule has 2 aromatic rings. The number of amides is 1. The molecular weight excluding hydrogens is 334 g/mol. The van der Waals surface area contributed by atoms with Crippen LogP contribution in [-0.2, 0) is 0 Å². The van der Waals surface area contributed by atoms with Gasteiger partial charge in [-0.25, -0.2) is 9.97 Å². The lowest BCUT2D eigenvalue weighted by Crippen LogP contribution is -2.31. The molecule has 0 spiro atoms. The molecule has 0 saturated carbocycles. The van der Waals surface area contributed by atoms with E-state index in [1.807, 2.05) is 6.92 Å². The van der Waals surface area contributed by atoms with E-state index in [-0.39, 0.29) is 0 Å². The largest absolute Gasteiger partial charge is 0.366 e. The van der Waals surface area contributed by atoms with Crippen LogP contribution in [0.2, 0.25) is 5.02 Å². The Labute approximate surface area is 143 Å². The van der Waals surface area contributed by atoms with E-state index in [2.05, 4.69) is 25.1 Å². The highest BCUT2D eigenvalue weighted by atomic mass is 35.5. The van der Waals surface area contributed by atoms with Gasteiger partial charge in [0.25, 0.3) is 0 Å². The minimum absolute atomic E-state index is 0.327. The zero-order chi connectivity index (χ0) is 16.4. The van der Waals surface area contributed by atoms with Crippen LogP contribution in [0.4, 0.5) is 10.9 Å². The Kier molecular flexibility index (Phi) is 4.68. The van der Waals surface area contributed by atoms with Crippen molar-refractivity contribution in [3.05, 3.63) is 33.9 Å². The molecule has 3 heterocycles. The molecule has 2 aromatic heterocycles. The number of primary amides is 1. The van der Waals surface area contributed by atoms with Crippen LogP contribution in [0, 0.1) is 6.92 Å². The van der Waals surface area contributed by atoms with Gasteiger partial charge in [-0.1, -0.05) is 11.6 Å². The van der Waals surface area contributed by atoms with Gasteiger partial charge in [0.15, 0.2) is 5.13 Å². The van der Waals surface area contributed by atoms with Crippen molar-refractivity contribution in [1.29, 1.82) is 0 Å². The van der Waals surface area contributed by atoms with Crippen molar-refractivity contribution < 1.29 is 4.79 Å². The number of carbonyl (C=O) groups is 1. The number of anilines is 2. The number of aromatic nitrogens is 2. The monoisotopic (exact) mass is 351 g/mol. The lowest BCUT2D eigenvalue weighted by molar-refractivity contribution is 0.1000. The van der Waals surface area contributed by atoms with E-state index < -0.39 is 5.91 Å². The van der Waals surface area contributed by atoms with E-state index in [9.17, 15) is 4.79 Å². The van der Waals surface area contributed by atoms with Crippen molar-refractivity contribution in [3.8, 4) is 0 Å². The SMILES string of the molecule is Cc1csc(N2CCCN(c3ncc(C(N)=O)cc3Cl)CC2)n1. The summed E-state index contributed by atoms with van der Waals surface area (Å²) < 4.78 is 0. The summed E-state index contributed by atoms with van der Waals surface area (Å²) in [5, 5.41) is 3.59. The molecule has 122 valence electrons. The Balaban J connectivity index is 1.74. The summed E-state index contributed by atoms with van der Waals surface area (Å²) in [6.45, 7) is 5.50. The minimum Gasteiger partial charge on any atom is -0.366 e. The third-order valence-corrected chi connectivity index (χ3v) is 5.08. The van der Waals surface area contributed by atoms with Gasteiger partial charge in [0.2, 0.25) is 5.91 Å². The Hall–Kier alpha value is -1.86. The van der Waals surface area contributed by atoms with Gasteiger partial charge in [0, 0.05) is 37.8 Å². The maximum atomic E-state index is 11.2. The highest BCUT2D eigenvalue weighted by Gasteiger charge is 2.20. The first-order valence-corrected chi connectivity index (χ1v) is 8.68. The van der Waals surface area contributed by atoms with Crippen molar-refractivity contribution in [2.75, 3.05) is 36.0 Å². The molecular formula is C15H18ClN5OS. The number of halogens is 1. The van der Waals surface area contributed by atoms with Crippen molar-refractivity contribution in [2.45, 2.75) is 13.3 Å². The Morgan fingerprint density at radius 3 is 2.70 bits per heavy atom. The molecule has 0 bridgehead atoms. The molecule has 1 saturated heterocycles. The second-order valence-corrected chi connectivity index (χ2v) is 6.74. The molecule has 0 aliphatic carbocycles. The first kappa shape index (κ1) is 16.0. The van der Waals surface area contributed by atoms with E-state index in [1.165, 1.54) is 6.20 Å². The lowest BCUT2D eigenvalue weighted by Gasteiger charge is -2.23. The fourth-order valence-electron chi connectivity index (χ4n) is 2.61. The summed E-state index contributed by atoms with van der Waals surface area (Å²) in [7, 11) is 0. The van der Waals surface area contributed by atoms with Crippen LogP contribution in [0.15, 0.2) is 17.6 Å². The van der Waals surface area contributed by atoms with Crippen molar-refractivity contribution in [2.24, 2.45) is 5.73 Å². The summed E-state index contributed by atoms with van der Waals surface area (Å²) in [4.78, 5) is 24.5. The molecule has 6 nitrogen and oxygen atoms in total. The third kappa shape index (κ3) is 3.56. The van der Waals surface area contributed by atoms with Gasteiger partial charge < -0.3 is 15.5 Å². The quantitative estimate of drug-likeness (QED) is 0.918. The maximum absolute atomic E-state index is 11.2. The number of rotatable bonds is 3. The minimum atomic E-state index is -0.521. The first-order chi connectivity index (χ1) is 11.0. The van der Waals surface area contributed by atoms with Crippen LogP contribution in [0.1, 0.15) is 22.5 Å². The van der Waals surface area contributed by atoms with Crippen LogP contribution < -0.4 is 15.5 Å². The van der Waals surface area contributed by atoms with Crippen LogP contribution >= 0.6 is 22.9 Å². The zero-order valence-electron chi connectivity index (χ0n) is 12.8. The fourth-order valence-corrected chi connectivity index (χ4v) is 3.75. The Bertz CT molecular complexity index is 720. The molecule has 3 rings (SSSR count). The number of thiazole rings is 1. The molecule has 2 N–H and O–H groups in total. The van der Waals surface area contributed by atoms with Crippen LogP contribution in [0.5, 0.6) is 0 Å². The van der Waals surface area contributed by atoms with E-state index in [1.54, 1.807) is 17.4 Å². The first-order valence-electron chi connectivity index (χ1n) is 7.42. The number of nitrogens with zero attached hydrogens (tertiary/aromatic N) is 4. The lowest BCUT2D eigenvalue weighted by atomic mass is 10.2. The second-order valence-electron chi connectivity index (χ2n) is 5.49. The molecule has 1 aliphatic heterocycles. The molecule has 23 heavy (non-hydrogen) atoms. The zero-order valence-corrected chi connectivity index (χ0v) is 14.4. The van der Waals surface area contributed by atoms with Gasteiger partial charge >= 0.3 is 0 Å². The van der Waals surface area contributed by atoms with Gasteiger partial charge in [-0.2, -0.15) is 0 Å². The molecule has 0 radical (unpaired) electrons. The summed E-state index contributed by atoms with van der Waals surface area (Å²) in [6, 6.07) is 1.58. The number of nitrogens with two attached hydrogens (primary N) is 1. The third-order valence-electron chi connectivity index (χ3n) is 3.78. The maximum Gasteiger partial charge on any atom is 0.250 e. The van der Waals surface area contributed by atoms with E-state index in [4.69, 9.17) is 17.3 Å². The van der Waals surface area contributed by atoms with Crippen molar-refractivity contribution in [1.82, 2.24) is 9.97 Å². The molecule has 0 unspecified atom stereocenters. The van der Waals surface area contributed by atoms with Crippen LogP contribution in [-0.4, -0.2) is 42.1 Å². The summed E-state index contributed by atoms with van der Waals surface area (Å²) in [6.07, 6.45) is 2.48. The molecule has 0 atom stereocenters. The van der Waals surface area contributed by atoms with Crippen molar-refractivity contribution in [3.63, 3.8) is 0 Å². The van der Waals surface area contributed by atoms with Gasteiger partial charge in [-0.15, -0.1) is 11.3 Å². The van der Waals surface area contributed by atoms with Gasteiger partial charge in [-0.3, -0.25) is 4.79 Å². The normalized spacial score (nSPS) is 15.6. The average Bonchev–Trinajstić information content (AvgIpc) is 2.81. The van der Waals surface area contributed by atoms with Crippen LogP contribution in [0.3, 0.4) is 0 Å². The van der Waals surface area contributed by atoms with Crippen molar-refractivity contribution >= 4 is 39.8 Å². The van der Waals surface area contributed by atoms with Crippen LogP contribution in [0.25, 0.3) is 0 Å². The fraction of sp³-hybridized carbons (Fsp3) is 0.400. The summed E-state index contributed by atoms with van der Waals surface area (Å²) in [5.74, 6) is 0.181. The molecule has 8 heteroatoms. The Morgan fingerprint density at radius 1 is 1.30 bits per heavy atom. The highest BCUT2D eigenvalue weighted by molar-refractivity contribution is 7.13. The smallest absolute Gasteiger partial charge is 0.250 e. The number of pyridine rings is 1. The van der Waals surface area contributed by atoms with Gasteiger partial charge in [0.1, 0.15) is 5.82 Å². The predicted molar refractivity (Wildman–Crippen MR) is 93.7 cm³/mol.